The van der Waals surface area contributed by atoms with Gasteiger partial charge < -0.3 is 15.5 Å². The lowest BCUT2D eigenvalue weighted by Crippen LogP contribution is -2.29. The smallest absolute Gasteiger partial charge is 0.259 e. The van der Waals surface area contributed by atoms with Crippen LogP contribution >= 0.6 is 0 Å². The van der Waals surface area contributed by atoms with E-state index in [4.69, 9.17) is 0 Å². The Hall–Kier alpha value is -4.27. The van der Waals surface area contributed by atoms with Gasteiger partial charge in [0.05, 0.1) is 11.3 Å². The van der Waals surface area contributed by atoms with Crippen molar-refractivity contribution in [2.24, 2.45) is 0 Å². The standard InChI is InChI=1S/C23H22N8O/c32-22(30-15-12-17-6-4-5-9-20(17)30)18-10-11-21(26-16-18)24-13-14-25-23-27-28-29-31(23)19-7-2-1-3-8-19/h1-11,16H,12-15H2,(H,24,26)(H,25,27,29). The summed E-state index contributed by atoms with van der Waals surface area (Å²) in [6, 6.07) is 21.3. The predicted octanol–water partition coefficient (Wildman–Crippen LogP) is 2.78. The van der Waals surface area contributed by atoms with Gasteiger partial charge in [0.2, 0.25) is 5.95 Å². The number of pyridine rings is 1. The molecule has 1 aliphatic rings. The van der Waals surface area contributed by atoms with Crippen molar-refractivity contribution in [3.05, 3.63) is 84.1 Å². The highest BCUT2D eigenvalue weighted by Gasteiger charge is 2.25. The Kier molecular flexibility index (Phi) is 5.44. The van der Waals surface area contributed by atoms with Crippen LogP contribution in [0.25, 0.3) is 5.69 Å². The van der Waals surface area contributed by atoms with Gasteiger partial charge >= 0.3 is 0 Å². The molecular formula is C23H22N8O. The second kappa shape index (κ2) is 8.84. The van der Waals surface area contributed by atoms with Crippen molar-refractivity contribution in [3.63, 3.8) is 0 Å². The van der Waals surface area contributed by atoms with Crippen LogP contribution in [0, 0.1) is 0 Å². The van der Waals surface area contributed by atoms with E-state index in [2.05, 4.69) is 37.2 Å². The van der Waals surface area contributed by atoms with Crippen molar-refractivity contribution in [2.75, 3.05) is 35.2 Å². The van der Waals surface area contributed by atoms with Crippen LogP contribution in [0.1, 0.15) is 15.9 Å². The molecule has 0 aliphatic carbocycles. The fourth-order valence-electron chi connectivity index (χ4n) is 3.74. The van der Waals surface area contributed by atoms with Crippen molar-refractivity contribution in [2.45, 2.75) is 6.42 Å². The zero-order valence-corrected chi connectivity index (χ0v) is 17.3. The number of amides is 1. The van der Waals surface area contributed by atoms with Crippen LogP contribution in [0.5, 0.6) is 0 Å². The van der Waals surface area contributed by atoms with E-state index >= 15 is 0 Å². The lowest BCUT2D eigenvalue weighted by atomic mass is 10.2. The third-order valence-electron chi connectivity index (χ3n) is 5.33. The van der Waals surface area contributed by atoms with Crippen LogP contribution in [-0.2, 0) is 6.42 Å². The summed E-state index contributed by atoms with van der Waals surface area (Å²) in [5.41, 5.74) is 3.66. The molecule has 0 radical (unpaired) electrons. The Morgan fingerprint density at radius 3 is 2.59 bits per heavy atom. The van der Waals surface area contributed by atoms with Gasteiger partial charge in [0.15, 0.2) is 0 Å². The molecule has 0 saturated carbocycles. The maximum absolute atomic E-state index is 12.9. The van der Waals surface area contributed by atoms with Crippen LogP contribution in [0.15, 0.2) is 72.9 Å². The molecule has 0 atom stereocenters. The van der Waals surface area contributed by atoms with Gasteiger partial charge in [0, 0.05) is 31.5 Å². The summed E-state index contributed by atoms with van der Waals surface area (Å²) < 4.78 is 1.65. The van der Waals surface area contributed by atoms with Gasteiger partial charge in [-0.05, 0) is 52.7 Å². The third-order valence-corrected chi connectivity index (χ3v) is 5.33. The van der Waals surface area contributed by atoms with E-state index in [-0.39, 0.29) is 5.91 Å². The first-order valence-electron chi connectivity index (χ1n) is 10.5. The van der Waals surface area contributed by atoms with E-state index in [0.717, 1.165) is 17.8 Å². The quantitative estimate of drug-likeness (QED) is 0.438. The largest absolute Gasteiger partial charge is 0.368 e. The molecule has 0 unspecified atom stereocenters. The van der Waals surface area contributed by atoms with E-state index in [1.54, 1.807) is 10.9 Å². The van der Waals surface area contributed by atoms with Crippen molar-refractivity contribution in [1.82, 2.24) is 25.2 Å². The van der Waals surface area contributed by atoms with Crippen molar-refractivity contribution < 1.29 is 4.79 Å². The van der Waals surface area contributed by atoms with Gasteiger partial charge in [-0.3, -0.25) is 4.79 Å². The second-order valence-electron chi connectivity index (χ2n) is 7.37. The van der Waals surface area contributed by atoms with Gasteiger partial charge in [0.25, 0.3) is 5.91 Å². The molecule has 5 rings (SSSR count). The number of para-hydroxylation sites is 2. The summed E-state index contributed by atoms with van der Waals surface area (Å²) in [4.78, 5) is 19.1. The number of rotatable bonds is 7. The Balaban J connectivity index is 1.15. The number of anilines is 3. The first-order chi connectivity index (χ1) is 15.8. The molecule has 9 nitrogen and oxygen atoms in total. The van der Waals surface area contributed by atoms with Crippen LogP contribution < -0.4 is 15.5 Å². The maximum atomic E-state index is 12.9. The number of nitrogens with zero attached hydrogens (tertiary/aromatic N) is 6. The van der Waals surface area contributed by atoms with Crippen molar-refractivity contribution in [1.29, 1.82) is 0 Å². The summed E-state index contributed by atoms with van der Waals surface area (Å²) >= 11 is 0. The summed E-state index contributed by atoms with van der Waals surface area (Å²) in [5.74, 6) is 1.24. The Bertz CT molecular complexity index is 1210. The van der Waals surface area contributed by atoms with Gasteiger partial charge in [-0.2, -0.15) is 4.68 Å². The molecule has 1 amide bonds. The molecule has 9 heteroatoms. The Labute approximate surface area is 185 Å². The van der Waals surface area contributed by atoms with Gasteiger partial charge in [-0.25, -0.2) is 4.98 Å². The summed E-state index contributed by atoms with van der Waals surface area (Å²) in [5, 5.41) is 18.2. The topological polar surface area (TPSA) is 101 Å². The minimum Gasteiger partial charge on any atom is -0.368 e. The molecule has 0 spiro atoms. The number of tetrazole rings is 1. The Morgan fingerprint density at radius 2 is 1.75 bits per heavy atom. The monoisotopic (exact) mass is 426 g/mol. The zero-order chi connectivity index (χ0) is 21.8. The minimum absolute atomic E-state index is 0.0246. The number of nitrogens with one attached hydrogen (secondary N) is 2. The lowest BCUT2D eigenvalue weighted by Gasteiger charge is -2.17. The second-order valence-corrected chi connectivity index (χ2v) is 7.37. The molecule has 3 heterocycles. The zero-order valence-electron chi connectivity index (χ0n) is 17.3. The number of hydrogen-bond donors (Lipinski definition) is 2. The highest BCUT2D eigenvalue weighted by atomic mass is 16.2. The molecule has 160 valence electrons. The highest BCUT2D eigenvalue weighted by Crippen LogP contribution is 2.28. The van der Waals surface area contributed by atoms with Crippen molar-refractivity contribution >= 4 is 23.4 Å². The predicted molar refractivity (Wildman–Crippen MR) is 122 cm³/mol. The number of carbonyl (C=O) groups excluding carboxylic acids is 1. The highest BCUT2D eigenvalue weighted by molar-refractivity contribution is 6.07. The maximum Gasteiger partial charge on any atom is 0.259 e. The first-order valence-corrected chi connectivity index (χ1v) is 10.5. The molecule has 2 aromatic heterocycles. The number of carbonyl (C=O) groups is 1. The molecule has 4 aromatic rings. The SMILES string of the molecule is O=C(c1ccc(NCCNc2nnnn2-c2ccccc2)nc1)N1CCc2ccccc21. The van der Waals surface area contributed by atoms with Crippen molar-refractivity contribution in [3.8, 4) is 5.69 Å². The van der Waals surface area contributed by atoms with E-state index < -0.39 is 0 Å². The molecule has 2 aromatic carbocycles. The number of fused-ring (bicyclic) bond motifs is 1. The average molecular weight is 426 g/mol. The molecule has 0 saturated heterocycles. The number of benzene rings is 2. The molecule has 1 aliphatic heterocycles. The van der Waals surface area contributed by atoms with Crippen LogP contribution in [0.2, 0.25) is 0 Å². The Morgan fingerprint density at radius 1 is 0.938 bits per heavy atom. The van der Waals surface area contributed by atoms with Gasteiger partial charge in [-0.15, -0.1) is 0 Å². The van der Waals surface area contributed by atoms with Crippen LogP contribution in [-0.4, -0.2) is 50.7 Å². The van der Waals surface area contributed by atoms with Gasteiger partial charge in [-0.1, -0.05) is 41.5 Å². The number of hydrogen-bond acceptors (Lipinski definition) is 7. The van der Waals surface area contributed by atoms with Gasteiger partial charge in [0.1, 0.15) is 5.82 Å². The summed E-state index contributed by atoms with van der Waals surface area (Å²) in [6.07, 6.45) is 2.50. The van der Waals surface area contributed by atoms with E-state index in [1.165, 1.54) is 5.56 Å². The fourth-order valence-corrected chi connectivity index (χ4v) is 3.74. The first kappa shape index (κ1) is 19.7. The average Bonchev–Trinajstić information content (AvgIpc) is 3.50. The van der Waals surface area contributed by atoms with Crippen LogP contribution in [0.3, 0.4) is 0 Å². The fraction of sp³-hybridized carbons (Fsp3) is 0.174. The normalized spacial score (nSPS) is 12.4. The molecular weight excluding hydrogens is 404 g/mol. The number of aromatic nitrogens is 5. The molecule has 0 bridgehead atoms. The van der Waals surface area contributed by atoms with E-state index in [0.29, 0.717) is 37.0 Å². The summed E-state index contributed by atoms with van der Waals surface area (Å²) in [6.45, 7) is 1.91. The molecule has 0 fully saturated rings. The van der Waals surface area contributed by atoms with E-state index in [9.17, 15) is 4.79 Å². The third kappa shape index (κ3) is 4.00. The minimum atomic E-state index is -0.0246. The molecule has 2 N–H and O–H groups in total. The van der Waals surface area contributed by atoms with E-state index in [1.807, 2.05) is 65.6 Å². The summed E-state index contributed by atoms with van der Waals surface area (Å²) in [7, 11) is 0. The van der Waals surface area contributed by atoms with Crippen LogP contribution in [0.4, 0.5) is 17.5 Å². The lowest BCUT2D eigenvalue weighted by molar-refractivity contribution is 0.0989. The molecule has 32 heavy (non-hydrogen) atoms.